The molecule has 1 amide bonds. The normalized spacial score (nSPS) is 24.0. The third kappa shape index (κ3) is 4.27. The van der Waals surface area contributed by atoms with E-state index in [-0.39, 0.29) is 11.6 Å². The van der Waals surface area contributed by atoms with Gasteiger partial charge in [0.25, 0.3) is 0 Å². The summed E-state index contributed by atoms with van der Waals surface area (Å²) in [5.41, 5.74) is 1.04. The van der Waals surface area contributed by atoms with Crippen molar-refractivity contribution in [3.8, 4) is 0 Å². The van der Waals surface area contributed by atoms with Gasteiger partial charge in [-0.2, -0.15) is 0 Å². The second-order valence-electron chi connectivity index (χ2n) is 6.19. The number of hydrogen-bond donors (Lipinski definition) is 3. The van der Waals surface area contributed by atoms with Gasteiger partial charge in [-0.15, -0.1) is 0 Å². The summed E-state index contributed by atoms with van der Waals surface area (Å²) in [6, 6.07) is 9.81. The maximum absolute atomic E-state index is 12.2. The molecule has 2 aliphatic rings. The number of rotatable bonds is 2. The summed E-state index contributed by atoms with van der Waals surface area (Å²) in [7, 11) is 0. The lowest BCUT2D eigenvalue weighted by atomic mass is 9.74. The Morgan fingerprint density at radius 3 is 2.36 bits per heavy atom. The third-order valence-corrected chi connectivity index (χ3v) is 4.69. The predicted molar refractivity (Wildman–Crippen MR) is 88.0 cm³/mol. The number of hydrogen-bond acceptors (Lipinski definition) is 5. The standard InChI is InChI=1S/C15H20N2O2.C2H2O4/c1-12-9-17(15(12)7-8-16-11-15)14(18)19-10-13-5-3-2-4-6-13;3-1(4)2(5)6/h2-6,12,16H,7-11H2,1H3;(H,3,4)(H,5,6)/t12-,15-;/m0./s1. The Balaban J connectivity index is 0.000000326. The summed E-state index contributed by atoms with van der Waals surface area (Å²) >= 11 is 0. The number of ether oxygens (including phenoxy) is 1. The van der Waals surface area contributed by atoms with Crippen molar-refractivity contribution in [1.29, 1.82) is 0 Å². The monoisotopic (exact) mass is 350 g/mol. The van der Waals surface area contributed by atoms with Crippen LogP contribution in [0.2, 0.25) is 0 Å². The third-order valence-electron chi connectivity index (χ3n) is 4.69. The van der Waals surface area contributed by atoms with Gasteiger partial charge in [-0.25, -0.2) is 14.4 Å². The van der Waals surface area contributed by atoms with Crippen molar-refractivity contribution < 1.29 is 29.3 Å². The van der Waals surface area contributed by atoms with Gasteiger partial charge in [0, 0.05) is 13.1 Å². The number of carbonyl (C=O) groups excluding carboxylic acids is 1. The highest BCUT2D eigenvalue weighted by Gasteiger charge is 2.55. The van der Waals surface area contributed by atoms with E-state index in [1.54, 1.807) is 0 Å². The van der Waals surface area contributed by atoms with Crippen LogP contribution < -0.4 is 5.32 Å². The zero-order chi connectivity index (χ0) is 18.4. The van der Waals surface area contributed by atoms with Crippen molar-refractivity contribution >= 4 is 18.0 Å². The molecule has 1 aromatic carbocycles. The van der Waals surface area contributed by atoms with E-state index in [2.05, 4.69) is 12.2 Å². The molecule has 0 aliphatic carbocycles. The molecule has 3 rings (SSSR count). The van der Waals surface area contributed by atoms with Crippen LogP contribution in [0.5, 0.6) is 0 Å². The van der Waals surface area contributed by atoms with Gasteiger partial charge >= 0.3 is 18.0 Å². The number of aliphatic carboxylic acids is 2. The molecular formula is C17H22N2O6. The van der Waals surface area contributed by atoms with Gasteiger partial charge in [0.05, 0.1) is 5.54 Å². The molecule has 0 aromatic heterocycles. The molecule has 0 saturated carbocycles. The molecule has 2 aliphatic heterocycles. The Hall–Kier alpha value is -2.61. The van der Waals surface area contributed by atoms with Gasteiger partial charge in [-0.1, -0.05) is 37.3 Å². The molecule has 2 saturated heterocycles. The van der Waals surface area contributed by atoms with Gasteiger partial charge in [-0.3, -0.25) is 0 Å². The fourth-order valence-corrected chi connectivity index (χ4v) is 3.18. The molecule has 25 heavy (non-hydrogen) atoms. The largest absolute Gasteiger partial charge is 0.473 e. The summed E-state index contributed by atoms with van der Waals surface area (Å²) in [5, 5.41) is 18.1. The van der Waals surface area contributed by atoms with Crippen molar-refractivity contribution in [2.75, 3.05) is 19.6 Å². The molecule has 1 aromatic rings. The van der Waals surface area contributed by atoms with Crippen LogP contribution in [0.1, 0.15) is 18.9 Å². The van der Waals surface area contributed by atoms with Crippen LogP contribution >= 0.6 is 0 Å². The van der Waals surface area contributed by atoms with Gasteiger partial charge < -0.3 is 25.2 Å². The molecule has 136 valence electrons. The zero-order valence-electron chi connectivity index (χ0n) is 14.0. The average Bonchev–Trinajstić information content (AvgIpc) is 3.12. The van der Waals surface area contributed by atoms with E-state index in [9.17, 15) is 4.79 Å². The molecule has 0 radical (unpaired) electrons. The number of carbonyl (C=O) groups is 3. The second-order valence-corrected chi connectivity index (χ2v) is 6.19. The smallest absolute Gasteiger partial charge is 0.414 e. The SMILES string of the molecule is C[C@H]1CN(C(=O)OCc2ccccc2)[C@]12CCNC2.O=C(O)C(=O)O. The summed E-state index contributed by atoms with van der Waals surface area (Å²) in [5.74, 6) is -3.09. The molecule has 2 atom stereocenters. The predicted octanol–water partition coefficient (Wildman–Crippen LogP) is 1.16. The minimum absolute atomic E-state index is 0.00771. The van der Waals surface area contributed by atoms with Crippen molar-refractivity contribution in [2.45, 2.75) is 25.5 Å². The first-order chi connectivity index (χ1) is 11.9. The Kier molecular flexibility index (Phi) is 5.97. The fourth-order valence-electron chi connectivity index (χ4n) is 3.18. The van der Waals surface area contributed by atoms with E-state index in [4.69, 9.17) is 24.5 Å². The quantitative estimate of drug-likeness (QED) is 0.685. The number of amides is 1. The minimum Gasteiger partial charge on any atom is -0.473 e. The molecule has 2 heterocycles. The summed E-state index contributed by atoms with van der Waals surface area (Å²) in [4.78, 5) is 32.3. The lowest BCUT2D eigenvalue weighted by Gasteiger charge is -2.54. The number of carboxylic acid groups (broad SMARTS) is 2. The van der Waals surface area contributed by atoms with Crippen LogP contribution in [-0.2, 0) is 20.9 Å². The van der Waals surface area contributed by atoms with E-state index in [1.165, 1.54) is 0 Å². The van der Waals surface area contributed by atoms with Crippen LogP contribution in [0, 0.1) is 5.92 Å². The molecule has 0 unspecified atom stereocenters. The summed E-state index contributed by atoms with van der Waals surface area (Å²) in [6.45, 7) is 5.28. The first-order valence-electron chi connectivity index (χ1n) is 8.02. The topological polar surface area (TPSA) is 116 Å². The van der Waals surface area contributed by atoms with Crippen LogP contribution in [0.25, 0.3) is 0 Å². The van der Waals surface area contributed by atoms with E-state index < -0.39 is 11.9 Å². The van der Waals surface area contributed by atoms with Crippen LogP contribution in [0.3, 0.4) is 0 Å². The maximum atomic E-state index is 12.2. The van der Waals surface area contributed by atoms with Gasteiger partial charge in [0.2, 0.25) is 0 Å². The minimum atomic E-state index is -1.82. The Labute approximate surface area is 145 Å². The Morgan fingerprint density at radius 1 is 1.24 bits per heavy atom. The van der Waals surface area contributed by atoms with Crippen molar-refractivity contribution in [2.24, 2.45) is 5.92 Å². The highest BCUT2D eigenvalue weighted by atomic mass is 16.6. The zero-order valence-corrected chi connectivity index (χ0v) is 14.0. The molecule has 3 N–H and O–H groups in total. The molecule has 1 spiro atoms. The van der Waals surface area contributed by atoms with E-state index in [0.29, 0.717) is 12.5 Å². The van der Waals surface area contributed by atoms with Crippen molar-refractivity contribution in [1.82, 2.24) is 10.2 Å². The molecule has 2 fully saturated rings. The number of nitrogens with one attached hydrogen (secondary N) is 1. The highest BCUT2D eigenvalue weighted by molar-refractivity contribution is 6.27. The second kappa shape index (κ2) is 7.98. The van der Waals surface area contributed by atoms with Crippen LogP contribution in [0.4, 0.5) is 4.79 Å². The van der Waals surface area contributed by atoms with E-state index >= 15 is 0 Å². The van der Waals surface area contributed by atoms with Crippen LogP contribution in [-0.4, -0.2) is 58.3 Å². The fraction of sp³-hybridized carbons (Fsp3) is 0.471. The summed E-state index contributed by atoms with van der Waals surface area (Å²) < 4.78 is 5.43. The van der Waals surface area contributed by atoms with Crippen molar-refractivity contribution in [3.63, 3.8) is 0 Å². The number of benzene rings is 1. The average molecular weight is 350 g/mol. The summed E-state index contributed by atoms with van der Waals surface area (Å²) in [6.07, 6.45) is 0.861. The Morgan fingerprint density at radius 2 is 1.88 bits per heavy atom. The van der Waals surface area contributed by atoms with E-state index in [1.807, 2.05) is 35.2 Å². The molecule has 0 bridgehead atoms. The number of carboxylic acids is 2. The lowest BCUT2D eigenvalue weighted by Crippen LogP contribution is -2.69. The van der Waals surface area contributed by atoms with E-state index in [0.717, 1.165) is 31.6 Å². The molecule has 8 heteroatoms. The Bertz CT molecular complexity index is 615. The van der Waals surface area contributed by atoms with Gasteiger partial charge in [0.1, 0.15) is 6.61 Å². The molecule has 8 nitrogen and oxygen atoms in total. The number of likely N-dealkylation sites (tertiary alicyclic amines) is 1. The maximum Gasteiger partial charge on any atom is 0.414 e. The molecular weight excluding hydrogens is 328 g/mol. The highest BCUT2D eigenvalue weighted by Crippen LogP contribution is 2.41. The van der Waals surface area contributed by atoms with Crippen molar-refractivity contribution in [3.05, 3.63) is 35.9 Å². The lowest BCUT2D eigenvalue weighted by molar-refractivity contribution is -0.159. The van der Waals surface area contributed by atoms with Crippen LogP contribution in [0.15, 0.2) is 30.3 Å². The van der Waals surface area contributed by atoms with Gasteiger partial charge in [0.15, 0.2) is 0 Å². The van der Waals surface area contributed by atoms with Gasteiger partial charge in [-0.05, 0) is 24.4 Å². The number of nitrogens with zero attached hydrogens (tertiary/aromatic N) is 1. The first-order valence-corrected chi connectivity index (χ1v) is 8.02. The first kappa shape index (κ1) is 18.7.